The number of ether oxygens (including phenoxy) is 1. The van der Waals surface area contributed by atoms with E-state index in [1.54, 1.807) is 13.8 Å². The zero-order valence-electron chi connectivity index (χ0n) is 11.2. The van der Waals surface area contributed by atoms with Crippen LogP contribution < -0.4 is 0 Å². The molecule has 0 heterocycles. The van der Waals surface area contributed by atoms with E-state index in [1.807, 2.05) is 0 Å². The molecule has 0 aromatic carbocycles. The van der Waals surface area contributed by atoms with Gasteiger partial charge in [0.1, 0.15) is 5.92 Å². The van der Waals surface area contributed by atoms with Crippen LogP contribution in [0, 0.1) is 11.8 Å². The van der Waals surface area contributed by atoms with E-state index in [0.717, 1.165) is 6.08 Å². The van der Waals surface area contributed by atoms with Gasteiger partial charge in [-0.15, -0.1) is 0 Å². The van der Waals surface area contributed by atoms with E-state index in [1.165, 1.54) is 18.2 Å². The molecule has 2 unspecified atom stereocenters. The molecule has 0 spiro atoms. The maximum atomic E-state index is 11.7. The van der Waals surface area contributed by atoms with Crippen molar-refractivity contribution in [3.05, 3.63) is 36.5 Å². The van der Waals surface area contributed by atoms with Crippen molar-refractivity contribution in [1.82, 2.24) is 0 Å². The molecule has 0 amide bonds. The normalized spacial score (nSPS) is 24.9. The second-order valence-corrected chi connectivity index (χ2v) is 4.64. The molecule has 0 aromatic rings. The van der Waals surface area contributed by atoms with E-state index < -0.39 is 29.4 Å². The lowest BCUT2D eigenvalue weighted by molar-refractivity contribution is -0.180. The minimum absolute atomic E-state index is 0.218. The summed E-state index contributed by atoms with van der Waals surface area (Å²) in [6.07, 6.45) is 4.92. The molecule has 1 aliphatic carbocycles. The third kappa shape index (κ3) is 2.49. The fourth-order valence-electron chi connectivity index (χ4n) is 2.21. The molecule has 0 aromatic heterocycles. The van der Waals surface area contributed by atoms with Crippen molar-refractivity contribution in [3.63, 3.8) is 0 Å². The maximum Gasteiger partial charge on any atom is 0.353 e. The number of carboxylic acids is 2. The van der Waals surface area contributed by atoms with Crippen LogP contribution in [0.15, 0.2) is 36.5 Å². The van der Waals surface area contributed by atoms with Gasteiger partial charge >= 0.3 is 17.9 Å². The summed E-state index contributed by atoms with van der Waals surface area (Å²) < 4.78 is 4.98. The third-order valence-corrected chi connectivity index (χ3v) is 3.08. The number of esters is 1. The highest BCUT2D eigenvalue weighted by Gasteiger charge is 2.56. The first-order valence-electron chi connectivity index (χ1n) is 5.97. The first-order chi connectivity index (χ1) is 9.27. The van der Waals surface area contributed by atoms with Gasteiger partial charge in [-0.3, -0.25) is 4.79 Å². The summed E-state index contributed by atoms with van der Waals surface area (Å²) in [5.74, 6) is -5.70. The first-order valence-corrected chi connectivity index (χ1v) is 5.97. The maximum absolute atomic E-state index is 11.7. The van der Waals surface area contributed by atoms with Crippen LogP contribution in [0.25, 0.3) is 0 Å². The first kappa shape index (κ1) is 15.7. The fourth-order valence-corrected chi connectivity index (χ4v) is 2.21. The Morgan fingerprint density at radius 2 is 2.00 bits per heavy atom. The largest absolute Gasteiger partial charge is 0.481 e. The highest BCUT2D eigenvalue weighted by molar-refractivity contribution is 5.95. The van der Waals surface area contributed by atoms with Crippen LogP contribution in [0.4, 0.5) is 0 Å². The number of rotatable bonds is 5. The van der Waals surface area contributed by atoms with Crippen LogP contribution in [-0.4, -0.2) is 33.7 Å². The quantitative estimate of drug-likeness (QED) is 0.583. The van der Waals surface area contributed by atoms with Crippen LogP contribution in [0.3, 0.4) is 0 Å². The van der Waals surface area contributed by atoms with Gasteiger partial charge in [0.25, 0.3) is 0 Å². The monoisotopic (exact) mass is 280 g/mol. The molecule has 6 heteroatoms. The van der Waals surface area contributed by atoms with Crippen LogP contribution in [0.1, 0.15) is 13.8 Å². The van der Waals surface area contributed by atoms with Crippen molar-refractivity contribution in [2.75, 3.05) is 0 Å². The Kier molecular flexibility index (Phi) is 4.49. The predicted molar refractivity (Wildman–Crippen MR) is 69.8 cm³/mol. The van der Waals surface area contributed by atoms with E-state index >= 15 is 0 Å². The van der Waals surface area contributed by atoms with Crippen molar-refractivity contribution in [3.8, 4) is 0 Å². The average molecular weight is 280 g/mol. The van der Waals surface area contributed by atoms with E-state index in [-0.39, 0.29) is 11.5 Å². The second-order valence-electron chi connectivity index (χ2n) is 4.64. The summed E-state index contributed by atoms with van der Waals surface area (Å²) >= 11 is 0. The lowest BCUT2D eigenvalue weighted by Gasteiger charge is -2.38. The topological polar surface area (TPSA) is 101 Å². The summed E-state index contributed by atoms with van der Waals surface area (Å²) in [7, 11) is 0. The van der Waals surface area contributed by atoms with Gasteiger partial charge in [-0.05, 0) is 11.5 Å². The molecule has 0 bridgehead atoms. The molecule has 0 radical (unpaired) electrons. The Balaban J connectivity index is 3.50. The number of hydrogen-bond acceptors (Lipinski definition) is 4. The van der Waals surface area contributed by atoms with Crippen LogP contribution >= 0.6 is 0 Å². The SMILES string of the molecule is C=CC(=O)OC1(C(=O)O)C(C(C)C)=CC=CC1C(=O)O. The van der Waals surface area contributed by atoms with Gasteiger partial charge in [0.05, 0.1) is 0 Å². The summed E-state index contributed by atoms with van der Waals surface area (Å²) in [6.45, 7) is 6.60. The number of carbonyl (C=O) groups is 3. The summed E-state index contributed by atoms with van der Waals surface area (Å²) in [5.41, 5.74) is -2.03. The lowest BCUT2D eigenvalue weighted by Crippen LogP contribution is -2.55. The number of hydrogen-bond donors (Lipinski definition) is 2. The van der Waals surface area contributed by atoms with Gasteiger partial charge in [-0.1, -0.05) is 38.7 Å². The number of allylic oxidation sites excluding steroid dienone is 2. The van der Waals surface area contributed by atoms with Gasteiger partial charge < -0.3 is 14.9 Å². The molecule has 6 nitrogen and oxygen atoms in total. The highest BCUT2D eigenvalue weighted by atomic mass is 16.6. The van der Waals surface area contributed by atoms with E-state index in [9.17, 15) is 24.6 Å². The van der Waals surface area contributed by atoms with E-state index in [2.05, 4.69) is 6.58 Å². The summed E-state index contributed by atoms with van der Waals surface area (Å²) in [6, 6.07) is 0. The molecular weight excluding hydrogens is 264 g/mol. The third-order valence-electron chi connectivity index (χ3n) is 3.08. The van der Waals surface area contributed by atoms with Gasteiger partial charge in [0.15, 0.2) is 0 Å². The molecule has 0 saturated carbocycles. The Morgan fingerprint density at radius 3 is 2.40 bits per heavy atom. The standard InChI is InChI=1S/C14H16O6/c1-4-11(15)20-14(13(18)19)9(8(2)3)6-5-7-10(14)12(16)17/h4-8,10H,1H2,2-3H3,(H,16,17)(H,18,19). The van der Waals surface area contributed by atoms with E-state index in [4.69, 9.17) is 4.74 Å². The molecule has 2 atom stereocenters. The van der Waals surface area contributed by atoms with Crippen LogP contribution in [0.5, 0.6) is 0 Å². The smallest absolute Gasteiger partial charge is 0.353 e. The molecule has 0 fully saturated rings. The Morgan fingerprint density at radius 1 is 1.40 bits per heavy atom. The van der Waals surface area contributed by atoms with Crippen LogP contribution in [0.2, 0.25) is 0 Å². The minimum atomic E-state index is -2.25. The number of carbonyl (C=O) groups excluding carboxylic acids is 1. The van der Waals surface area contributed by atoms with Gasteiger partial charge in [0, 0.05) is 6.08 Å². The van der Waals surface area contributed by atoms with Gasteiger partial charge in [-0.25, -0.2) is 9.59 Å². The zero-order chi connectivity index (χ0) is 15.5. The molecule has 0 aliphatic heterocycles. The average Bonchev–Trinajstić information content (AvgIpc) is 2.37. The Hall–Kier alpha value is -2.37. The molecule has 0 saturated heterocycles. The van der Waals surface area contributed by atoms with Crippen LogP contribution in [-0.2, 0) is 19.1 Å². The predicted octanol–water partition coefficient (Wildman–Crippen LogP) is 1.39. The van der Waals surface area contributed by atoms with Gasteiger partial charge in [-0.2, -0.15) is 0 Å². The van der Waals surface area contributed by atoms with Crippen molar-refractivity contribution in [2.24, 2.45) is 11.8 Å². The molecule has 108 valence electrons. The Bertz CT molecular complexity index is 514. The van der Waals surface area contributed by atoms with Crippen molar-refractivity contribution in [2.45, 2.75) is 19.4 Å². The number of aliphatic carboxylic acids is 2. The molecule has 2 N–H and O–H groups in total. The Labute approximate surface area is 116 Å². The minimum Gasteiger partial charge on any atom is -0.481 e. The summed E-state index contributed by atoms with van der Waals surface area (Å²) in [4.78, 5) is 34.5. The lowest BCUT2D eigenvalue weighted by atomic mass is 9.73. The highest BCUT2D eigenvalue weighted by Crippen LogP contribution is 2.39. The second kappa shape index (κ2) is 5.73. The number of carboxylic acid groups (broad SMARTS) is 2. The van der Waals surface area contributed by atoms with Gasteiger partial charge in [0.2, 0.25) is 5.60 Å². The molecule has 1 aliphatic rings. The van der Waals surface area contributed by atoms with Crippen molar-refractivity contribution >= 4 is 17.9 Å². The summed E-state index contributed by atoms with van der Waals surface area (Å²) in [5, 5.41) is 18.8. The zero-order valence-corrected chi connectivity index (χ0v) is 11.2. The fraction of sp³-hybridized carbons (Fsp3) is 0.357. The van der Waals surface area contributed by atoms with E-state index in [0.29, 0.717) is 0 Å². The molecule has 1 rings (SSSR count). The van der Waals surface area contributed by atoms with Crippen molar-refractivity contribution < 1.29 is 29.3 Å². The molecule has 20 heavy (non-hydrogen) atoms. The molecular formula is C14H16O6. The van der Waals surface area contributed by atoms with Crippen molar-refractivity contribution in [1.29, 1.82) is 0 Å².